The average Bonchev–Trinajstić information content (AvgIpc) is 2.60. The van der Waals surface area contributed by atoms with Gasteiger partial charge in [0.2, 0.25) is 0 Å². The minimum atomic E-state index is 0. The van der Waals surface area contributed by atoms with E-state index in [1.807, 2.05) is 6.92 Å². The first kappa shape index (κ1) is 19.5. The fraction of sp³-hybridized carbons (Fsp3) is 0.684. The highest BCUT2D eigenvalue weighted by atomic mass is 35.5. The predicted octanol–water partition coefficient (Wildman–Crippen LogP) is 2.62. The Balaban J connectivity index is 0.00000208. The van der Waals surface area contributed by atoms with E-state index in [1.165, 1.54) is 64.2 Å². The normalized spacial score (nSPS) is 20.5. The van der Waals surface area contributed by atoms with Crippen LogP contribution >= 0.6 is 12.4 Å². The van der Waals surface area contributed by atoms with Gasteiger partial charge < -0.3 is 15.0 Å². The van der Waals surface area contributed by atoms with Crippen LogP contribution in [0.3, 0.4) is 0 Å². The Morgan fingerprint density at radius 2 is 1.62 bits per heavy atom. The second kappa shape index (κ2) is 10.2. The molecule has 2 fully saturated rings. The summed E-state index contributed by atoms with van der Waals surface area (Å²) >= 11 is 0. The van der Waals surface area contributed by atoms with Gasteiger partial charge in [0.25, 0.3) is 0 Å². The van der Waals surface area contributed by atoms with Crippen molar-refractivity contribution in [2.75, 3.05) is 52.4 Å². The maximum Gasteiger partial charge on any atom is 0.119 e. The van der Waals surface area contributed by atoms with Crippen LogP contribution in [0.15, 0.2) is 24.3 Å². The molecule has 0 radical (unpaired) electrons. The van der Waals surface area contributed by atoms with Gasteiger partial charge in [-0.05, 0) is 56.5 Å². The molecule has 136 valence electrons. The molecule has 24 heavy (non-hydrogen) atoms. The van der Waals surface area contributed by atoms with E-state index in [4.69, 9.17) is 4.74 Å². The topological polar surface area (TPSA) is 27.7 Å². The van der Waals surface area contributed by atoms with E-state index >= 15 is 0 Å². The molecule has 2 aliphatic rings. The molecule has 0 amide bonds. The second-order valence-electron chi connectivity index (χ2n) is 6.85. The fourth-order valence-electron chi connectivity index (χ4n) is 3.68. The number of benzene rings is 1. The molecule has 2 aliphatic heterocycles. The lowest BCUT2D eigenvalue weighted by atomic mass is 9.97. The van der Waals surface area contributed by atoms with Crippen LogP contribution in [0, 0.1) is 5.92 Å². The summed E-state index contributed by atoms with van der Waals surface area (Å²) in [6.07, 6.45) is 2.71. The van der Waals surface area contributed by atoms with Gasteiger partial charge in [-0.3, -0.25) is 4.90 Å². The molecule has 0 aromatic heterocycles. The second-order valence-corrected chi connectivity index (χ2v) is 6.85. The van der Waals surface area contributed by atoms with Crippen LogP contribution in [-0.4, -0.2) is 62.2 Å². The van der Waals surface area contributed by atoms with Gasteiger partial charge in [-0.2, -0.15) is 0 Å². The summed E-state index contributed by atoms with van der Waals surface area (Å²) in [7, 11) is 0. The lowest BCUT2D eigenvalue weighted by Gasteiger charge is -2.37. The Bertz CT molecular complexity index is 454. The molecule has 1 aromatic carbocycles. The Hall–Kier alpha value is -0.810. The van der Waals surface area contributed by atoms with Crippen LogP contribution in [0.25, 0.3) is 0 Å². The number of halogens is 1. The zero-order valence-electron chi connectivity index (χ0n) is 14.9. The molecule has 2 saturated heterocycles. The number of nitrogens with zero attached hydrogens (tertiary/aromatic N) is 2. The van der Waals surface area contributed by atoms with Crippen molar-refractivity contribution in [1.29, 1.82) is 0 Å². The van der Waals surface area contributed by atoms with Crippen molar-refractivity contribution in [3.63, 3.8) is 0 Å². The third kappa shape index (κ3) is 5.92. The van der Waals surface area contributed by atoms with Crippen LogP contribution in [-0.2, 0) is 6.54 Å². The van der Waals surface area contributed by atoms with Crippen LogP contribution in [0.4, 0.5) is 0 Å². The largest absolute Gasteiger partial charge is 0.494 e. The Labute approximate surface area is 153 Å². The van der Waals surface area contributed by atoms with Crippen molar-refractivity contribution in [2.24, 2.45) is 5.92 Å². The first-order valence-corrected chi connectivity index (χ1v) is 9.20. The summed E-state index contributed by atoms with van der Waals surface area (Å²) in [4.78, 5) is 5.25. The van der Waals surface area contributed by atoms with E-state index in [1.54, 1.807) is 0 Å². The number of rotatable bonds is 6. The lowest BCUT2D eigenvalue weighted by molar-refractivity contribution is 0.107. The van der Waals surface area contributed by atoms with E-state index < -0.39 is 0 Å². The number of hydrogen-bond donors (Lipinski definition) is 1. The Morgan fingerprint density at radius 1 is 1.00 bits per heavy atom. The summed E-state index contributed by atoms with van der Waals surface area (Å²) in [5, 5.41) is 3.46. The molecule has 1 aromatic rings. The molecule has 1 N–H and O–H groups in total. The van der Waals surface area contributed by atoms with Gasteiger partial charge >= 0.3 is 0 Å². The van der Waals surface area contributed by atoms with E-state index in [0.717, 1.165) is 24.8 Å². The maximum atomic E-state index is 5.51. The van der Waals surface area contributed by atoms with Crippen molar-refractivity contribution in [3.05, 3.63) is 29.8 Å². The minimum Gasteiger partial charge on any atom is -0.494 e. The van der Waals surface area contributed by atoms with Gasteiger partial charge in [-0.15, -0.1) is 12.4 Å². The smallest absolute Gasteiger partial charge is 0.119 e. The molecule has 0 bridgehead atoms. The summed E-state index contributed by atoms with van der Waals surface area (Å²) in [5.41, 5.74) is 1.39. The summed E-state index contributed by atoms with van der Waals surface area (Å²) < 4.78 is 5.51. The van der Waals surface area contributed by atoms with E-state index in [2.05, 4.69) is 39.4 Å². The molecule has 0 aliphatic carbocycles. The molecule has 2 heterocycles. The van der Waals surface area contributed by atoms with E-state index in [-0.39, 0.29) is 12.4 Å². The fourth-order valence-corrected chi connectivity index (χ4v) is 3.68. The first-order valence-electron chi connectivity index (χ1n) is 9.20. The average molecular weight is 354 g/mol. The molecule has 0 saturated carbocycles. The zero-order chi connectivity index (χ0) is 15.9. The van der Waals surface area contributed by atoms with Crippen molar-refractivity contribution in [2.45, 2.75) is 26.3 Å². The van der Waals surface area contributed by atoms with Crippen molar-refractivity contribution in [1.82, 2.24) is 15.1 Å². The molecule has 5 heteroatoms. The zero-order valence-corrected chi connectivity index (χ0v) is 15.7. The number of hydrogen-bond acceptors (Lipinski definition) is 4. The van der Waals surface area contributed by atoms with Crippen LogP contribution < -0.4 is 10.1 Å². The van der Waals surface area contributed by atoms with E-state index in [0.29, 0.717) is 0 Å². The van der Waals surface area contributed by atoms with Crippen LogP contribution in [0.2, 0.25) is 0 Å². The number of nitrogens with one attached hydrogen (secondary N) is 1. The quantitative estimate of drug-likeness (QED) is 0.850. The van der Waals surface area contributed by atoms with E-state index in [9.17, 15) is 0 Å². The molecule has 3 rings (SSSR count). The molecular weight excluding hydrogens is 322 g/mol. The predicted molar refractivity (Wildman–Crippen MR) is 102 cm³/mol. The van der Waals surface area contributed by atoms with Crippen LogP contribution in [0.5, 0.6) is 5.75 Å². The highest BCUT2D eigenvalue weighted by molar-refractivity contribution is 5.85. The minimum absolute atomic E-state index is 0. The van der Waals surface area contributed by atoms with Gasteiger partial charge in [0.15, 0.2) is 0 Å². The van der Waals surface area contributed by atoms with Gasteiger partial charge in [-0.1, -0.05) is 12.1 Å². The van der Waals surface area contributed by atoms with Gasteiger partial charge in [0.1, 0.15) is 5.75 Å². The van der Waals surface area contributed by atoms with Crippen LogP contribution in [0.1, 0.15) is 25.3 Å². The molecule has 0 spiro atoms. The number of ether oxygens (including phenoxy) is 1. The Kier molecular flexibility index (Phi) is 8.33. The Morgan fingerprint density at radius 3 is 2.25 bits per heavy atom. The molecular formula is C19H32ClN3O. The highest BCUT2D eigenvalue weighted by Gasteiger charge is 2.21. The highest BCUT2D eigenvalue weighted by Crippen LogP contribution is 2.17. The molecule has 4 nitrogen and oxygen atoms in total. The van der Waals surface area contributed by atoms with Crippen molar-refractivity contribution in [3.8, 4) is 5.75 Å². The molecule has 0 atom stereocenters. The third-order valence-corrected chi connectivity index (χ3v) is 5.08. The number of piperazine rings is 1. The molecule has 0 unspecified atom stereocenters. The summed E-state index contributed by atoms with van der Waals surface area (Å²) in [6.45, 7) is 12.4. The maximum absolute atomic E-state index is 5.51. The SMILES string of the molecule is CCOc1ccc(CN2CCN(CC3CCNCC3)CC2)cc1.Cl. The number of piperidine rings is 1. The van der Waals surface area contributed by atoms with Crippen molar-refractivity contribution >= 4 is 12.4 Å². The first-order chi connectivity index (χ1) is 11.3. The third-order valence-electron chi connectivity index (χ3n) is 5.08. The summed E-state index contributed by atoms with van der Waals surface area (Å²) in [6, 6.07) is 8.58. The monoisotopic (exact) mass is 353 g/mol. The standard InChI is InChI=1S/C19H31N3O.ClH/c1-2-23-19-5-3-17(4-6-19)15-21-11-13-22(14-12-21)16-18-7-9-20-10-8-18;/h3-6,18,20H,2,7-16H2,1H3;1H. The van der Waals surface area contributed by atoms with Gasteiger partial charge in [0, 0.05) is 39.3 Å². The van der Waals surface area contributed by atoms with Crippen molar-refractivity contribution < 1.29 is 4.74 Å². The summed E-state index contributed by atoms with van der Waals surface area (Å²) in [5.74, 6) is 1.89. The van der Waals surface area contributed by atoms with Gasteiger partial charge in [-0.25, -0.2) is 0 Å². The lowest BCUT2D eigenvalue weighted by Crippen LogP contribution is -2.48. The van der Waals surface area contributed by atoms with Gasteiger partial charge in [0.05, 0.1) is 6.61 Å².